The highest BCUT2D eigenvalue weighted by Crippen LogP contribution is 2.30. The van der Waals surface area contributed by atoms with Gasteiger partial charge in [-0.15, -0.1) is 0 Å². The number of imide groups is 1. The van der Waals surface area contributed by atoms with E-state index in [4.69, 9.17) is 0 Å². The first kappa shape index (κ1) is 23.0. The summed E-state index contributed by atoms with van der Waals surface area (Å²) >= 11 is 0. The van der Waals surface area contributed by atoms with Crippen molar-refractivity contribution in [3.63, 3.8) is 0 Å². The molecule has 0 radical (unpaired) electrons. The molecule has 1 heterocycles. The molecule has 7 heteroatoms. The Balaban J connectivity index is 1.24. The third-order valence-corrected chi connectivity index (χ3v) is 7.74. The number of rotatable bonds is 8. The van der Waals surface area contributed by atoms with Crippen LogP contribution in [0, 0.1) is 0 Å². The van der Waals surface area contributed by atoms with Crippen LogP contribution in [0.4, 0.5) is 0 Å². The van der Waals surface area contributed by atoms with Crippen LogP contribution >= 0.6 is 0 Å². The van der Waals surface area contributed by atoms with Crippen molar-refractivity contribution in [1.82, 2.24) is 9.62 Å². The number of sulfonamides is 1. The van der Waals surface area contributed by atoms with Gasteiger partial charge in [-0.25, -0.2) is 13.1 Å². The maximum atomic E-state index is 13.0. The Morgan fingerprint density at radius 1 is 0.657 bits per heavy atom. The van der Waals surface area contributed by atoms with Crippen molar-refractivity contribution in [2.45, 2.75) is 17.7 Å². The summed E-state index contributed by atoms with van der Waals surface area (Å²) in [6, 6.07) is 27.2. The van der Waals surface area contributed by atoms with Gasteiger partial charge in [-0.3, -0.25) is 14.5 Å². The van der Waals surface area contributed by atoms with E-state index in [9.17, 15) is 18.0 Å². The zero-order valence-electron chi connectivity index (χ0n) is 19.0. The van der Waals surface area contributed by atoms with Gasteiger partial charge in [-0.05, 0) is 53.6 Å². The van der Waals surface area contributed by atoms with Crippen molar-refractivity contribution >= 4 is 32.6 Å². The normalized spacial score (nSPS) is 13.4. The number of hydrogen-bond donors (Lipinski definition) is 1. The second-order valence-electron chi connectivity index (χ2n) is 8.50. The highest BCUT2D eigenvalue weighted by molar-refractivity contribution is 7.89. The summed E-state index contributed by atoms with van der Waals surface area (Å²) in [5, 5.41) is 1.58. The highest BCUT2D eigenvalue weighted by Gasteiger charge is 2.32. The summed E-state index contributed by atoms with van der Waals surface area (Å²) in [7, 11) is -3.62. The van der Waals surface area contributed by atoms with Gasteiger partial charge in [0.2, 0.25) is 10.0 Å². The van der Waals surface area contributed by atoms with Crippen molar-refractivity contribution in [2.24, 2.45) is 0 Å². The summed E-state index contributed by atoms with van der Waals surface area (Å²) in [5.41, 5.74) is 2.96. The van der Waals surface area contributed by atoms with E-state index in [1.807, 2.05) is 54.6 Å². The van der Waals surface area contributed by atoms with Gasteiger partial charge in [-0.2, -0.15) is 0 Å². The molecule has 2 amide bonds. The molecule has 0 saturated carbocycles. The summed E-state index contributed by atoms with van der Waals surface area (Å²) in [6.07, 6.45) is 1.03. The quantitative estimate of drug-likeness (QED) is 0.380. The number of nitrogens with zero attached hydrogens (tertiary/aromatic N) is 1. The molecule has 0 aliphatic carbocycles. The molecule has 0 spiro atoms. The van der Waals surface area contributed by atoms with Gasteiger partial charge in [0, 0.05) is 29.6 Å². The third-order valence-electron chi connectivity index (χ3n) is 6.26. The van der Waals surface area contributed by atoms with Crippen molar-refractivity contribution < 1.29 is 18.0 Å². The Hall–Kier alpha value is -3.81. The first-order chi connectivity index (χ1) is 16.9. The van der Waals surface area contributed by atoms with Gasteiger partial charge in [0.15, 0.2) is 0 Å². The molecule has 1 aliphatic heterocycles. The lowest BCUT2D eigenvalue weighted by atomic mass is 9.94. The molecule has 6 nitrogen and oxygen atoms in total. The number of hydrogen-bond acceptors (Lipinski definition) is 4. The molecule has 0 aromatic heterocycles. The lowest BCUT2D eigenvalue weighted by Gasteiger charge is -2.27. The first-order valence-electron chi connectivity index (χ1n) is 11.4. The molecule has 5 rings (SSSR count). The minimum absolute atomic E-state index is 0.181. The van der Waals surface area contributed by atoms with E-state index in [1.54, 1.807) is 36.4 Å². The number of carbonyl (C=O) groups is 2. The molecule has 176 valence electrons. The molecule has 35 heavy (non-hydrogen) atoms. The van der Waals surface area contributed by atoms with Crippen LogP contribution in [0.5, 0.6) is 0 Å². The predicted octanol–water partition coefficient (Wildman–Crippen LogP) is 4.20. The fourth-order valence-electron chi connectivity index (χ4n) is 4.42. The maximum Gasteiger partial charge on any atom is 0.261 e. The first-order valence-corrected chi connectivity index (χ1v) is 12.9. The maximum absolute atomic E-state index is 13.0. The largest absolute Gasteiger partial charge is 0.274 e. The van der Waals surface area contributed by atoms with Crippen LogP contribution < -0.4 is 4.72 Å². The van der Waals surface area contributed by atoms with Crippen LogP contribution in [0.15, 0.2) is 95.9 Å². The smallest absolute Gasteiger partial charge is 0.261 e. The Morgan fingerprint density at radius 2 is 1.26 bits per heavy atom. The van der Waals surface area contributed by atoms with Crippen LogP contribution in [0.3, 0.4) is 0 Å². The number of carbonyl (C=O) groups excluding carboxylic acids is 2. The van der Waals surface area contributed by atoms with E-state index < -0.39 is 10.0 Å². The Labute approximate surface area is 204 Å². The molecular formula is C28H24N2O4S. The standard InChI is InChI=1S/C28H24N2O4S/c31-27-24-10-4-8-22-9-5-11-25(26(22)24)28(32)30(27)19-17-21-12-14-23(15-13-21)35(33,34)29-18-16-20-6-2-1-3-7-20/h1-15,29H,16-19H2. The van der Waals surface area contributed by atoms with Gasteiger partial charge in [0.1, 0.15) is 0 Å². The van der Waals surface area contributed by atoms with E-state index in [2.05, 4.69) is 4.72 Å². The average molecular weight is 485 g/mol. The SMILES string of the molecule is O=C1c2cccc3cccc(c23)C(=O)N1CCc1ccc(S(=O)(=O)NCCc2ccccc2)cc1. The minimum Gasteiger partial charge on any atom is -0.274 e. The van der Waals surface area contributed by atoms with Crippen LogP contribution in [-0.2, 0) is 22.9 Å². The van der Waals surface area contributed by atoms with Crippen LogP contribution in [0.1, 0.15) is 31.8 Å². The Morgan fingerprint density at radius 3 is 1.89 bits per heavy atom. The molecule has 1 N–H and O–H groups in total. The summed E-state index contributed by atoms with van der Waals surface area (Å²) in [5.74, 6) is -0.609. The molecule has 1 aliphatic rings. The molecule has 0 saturated heterocycles. The van der Waals surface area contributed by atoms with E-state index in [1.165, 1.54) is 4.90 Å². The number of nitrogens with one attached hydrogen (secondary N) is 1. The van der Waals surface area contributed by atoms with Crippen molar-refractivity contribution in [1.29, 1.82) is 0 Å². The monoisotopic (exact) mass is 484 g/mol. The van der Waals surface area contributed by atoms with Gasteiger partial charge in [0.25, 0.3) is 11.8 Å². The van der Waals surface area contributed by atoms with Crippen molar-refractivity contribution in [3.8, 4) is 0 Å². The van der Waals surface area contributed by atoms with Crippen molar-refractivity contribution in [2.75, 3.05) is 13.1 Å². The van der Waals surface area contributed by atoms with E-state index in [0.29, 0.717) is 35.9 Å². The van der Waals surface area contributed by atoms with Gasteiger partial charge in [0.05, 0.1) is 4.90 Å². The third kappa shape index (κ3) is 4.60. The zero-order chi connectivity index (χ0) is 24.4. The van der Waals surface area contributed by atoms with E-state index >= 15 is 0 Å². The Bertz CT molecular complexity index is 1460. The second-order valence-corrected chi connectivity index (χ2v) is 10.3. The second kappa shape index (κ2) is 9.44. The van der Waals surface area contributed by atoms with Crippen molar-refractivity contribution in [3.05, 3.63) is 113 Å². The molecular weight excluding hydrogens is 460 g/mol. The molecule has 0 unspecified atom stereocenters. The van der Waals surface area contributed by atoms with E-state index in [0.717, 1.165) is 16.5 Å². The van der Waals surface area contributed by atoms with Crippen LogP contribution in [-0.4, -0.2) is 38.2 Å². The summed E-state index contributed by atoms with van der Waals surface area (Å²) < 4.78 is 27.9. The topological polar surface area (TPSA) is 83.6 Å². The molecule has 0 fully saturated rings. The van der Waals surface area contributed by atoms with Crippen LogP contribution in [0.25, 0.3) is 10.8 Å². The van der Waals surface area contributed by atoms with Gasteiger partial charge < -0.3 is 0 Å². The lowest BCUT2D eigenvalue weighted by Crippen LogP contribution is -2.41. The number of benzene rings is 4. The summed E-state index contributed by atoms with van der Waals surface area (Å²) in [6.45, 7) is 0.519. The lowest BCUT2D eigenvalue weighted by molar-refractivity contribution is 0.0612. The Kier molecular flexibility index (Phi) is 6.19. The van der Waals surface area contributed by atoms with Gasteiger partial charge >= 0.3 is 0 Å². The molecule has 0 bridgehead atoms. The van der Waals surface area contributed by atoms with Gasteiger partial charge in [-0.1, -0.05) is 66.7 Å². The van der Waals surface area contributed by atoms with E-state index in [-0.39, 0.29) is 23.3 Å². The molecule has 4 aromatic rings. The zero-order valence-corrected chi connectivity index (χ0v) is 19.8. The fraction of sp³-hybridized carbons (Fsp3) is 0.143. The highest BCUT2D eigenvalue weighted by atomic mass is 32.2. The predicted molar refractivity (Wildman–Crippen MR) is 135 cm³/mol. The summed E-state index contributed by atoms with van der Waals surface area (Å²) in [4.78, 5) is 27.5. The molecule has 4 aromatic carbocycles. The number of amides is 2. The minimum atomic E-state index is -3.62. The van der Waals surface area contributed by atoms with Crippen LogP contribution in [0.2, 0.25) is 0 Å². The molecule has 0 atom stereocenters. The average Bonchev–Trinajstić information content (AvgIpc) is 2.88. The fourth-order valence-corrected chi connectivity index (χ4v) is 5.45.